The number of ether oxygens (including phenoxy) is 4. The molecule has 2 radical (unpaired) electrons. The molecule has 4 aliphatic rings. The van der Waals surface area contributed by atoms with Crippen molar-refractivity contribution in [3.8, 4) is 0 Å². The highest BCUT2D eigenvalue weighted by Gasteiger charge is 2.32. The normalized spacial score (nSPS) is 27.6. The summed E-state index contributed by atoms with van der Waals surface area (Å²) in [5, 5.41) is 2.72. The molecule has 4 heterocycles. The molecule has 0 amide bonds. The highest BCUT2D eigenvalue weighted by atomic mass is 28.2. The minimum absolute atomic E-state index is 0.385. The maximum absolute atomic E-state index is 5.44. The van der Waals surface area contributed by atoms with Crippen LogP contribution in [0.3, 0.4) is 0 Å². The molecule has 0 aliphatic carbocycles. The Kier molecular flexibility index (Phi) is 5.45. The molecule has 7 heteroatoms. The standard InChI is InChI=1S/C24H28N2O4Si/c1-5-23(6-2-17(1)25(9-19-13-27-19)10-20-14-28-20)31-24-7-3-18(4-8-24)26(11-21-15-29-21)12-22-16-30-22/h1-8,19-22H,9-16H2. The minimum atomic E-state index is 0.385. The van der Waals surface area contributed by atoms with Crippen molar-refractivity contribution in [3.63, 3.8) is 0 Å². The van der Waals surface area contributed by atoms with Gasteiger partial charge in [0.2, 0.25) is 0 Å². The van der Waals surface area contributed by atoms with Gasteiger partial charge in [0, 0.05) is 37.6 Å². The van der Waals surface area contributed by atoms with Crippen LogP contribution in [0.5, 0.6) is 0 Å². The summed E-state index contributed by atoms with van der Waals surface area (Å²) in [7, 11) is 0.654. The van der Waals surface area contributed by atoms with Crippen molar-refractivity contribution in [1.29, 1.82) is 0 Å². The van der Waals surface area contributed by atoms with Gasteiger partial charge in [-0.05, 0) is 24.3 Å². The van der Waals surface area contributed by atoms with E-state index in [-0.39, 0.29) is 0 Å². The highest BCUT2D eigenvalue weighted by Crippen LogP contribution is 2.23. The molecular formula is C24H28N2O4Si. The van der Waals surface area contributed by atoms with Crippen LogP contribution in [-0.4, -0.2) is 86.5 Å². The molecule has 6 rings (SSSR count). The first kappa shape index (κ1) is 19.8. The van der Waals surface area contributed by atoms with E-state index in [0.717, 1.165) is 52.6 Å². The van der Waals surface area contributed by atoms with Crippen LogP contribution in [0, 0.1) is 0 Å². The topological polar surface area (TPSA) is 56.6 Å². The largest absolute Gasteiger partial charge is 0.371 e. The van der Waals surface area contributed by atoms with Gasteiger partial charge >= 0.3 is 0 Å². The van der Waals surface area contributed by atoms with Crippen molar-refractivity contribution in [3.05, 3.63) is 48.5 Å². The summed E-state index contributed by atoms with van der Waals surface area (Å²) in [6.07, 6.45) is 1.54. The van der Waals surface area contributed by atoms with E-state index in [1.165, 1.54) is 21.7 Å². The fourth-order valence-electron chi connectivity index (χ4n) is 3.93. The van der Waals surface area contributed by atoms with E-state index >= 15 is 0 Å². The van der Waals surface area contributed by atoms with Gasteiger partial charge < -0.3 is 28.7 Å². The van der Waals surface area contributed by atoms with Crippen molar-refractivity contribution in [2.75, 3.05) is 62.4 Å². The van der Waals surface area contributed by atoms with E-state index in [2.05, 4.69) is 58.3 Å². The molecule has 0 bridgehead atoms. The Morgan fingerprint density at radius 1 is 0.548 bits per heavy atom. The van der Waals surface area contributed by atoms with Gasteiger partial charge in [-0.25, -0.2) is 0 Å². The molecule has 0 spiro atoms. The van der Waals surface area contributed by atoms with Crippen molar-refractivity contribution in [1.82, 2.24) is 0 Å². The van der Waals surface area contributed by atoms with Crippen LogP contribution in [0.25, 0.3) is 0 Å². The molecule has 4 atom stereocenters. The SMILES string of the molecule is c1cc(N(CC2CO2)CC2CO2)ccc1[Si]c1ccc(N(CC2CO2)CC2CO2)cc1. The second-order valence-electron chi connectivity index (χ2n) is 8.85. The molecule has 162 valence electrons. The molecule has 4 aliphatic heterocycles. The van der Waals surface area contributed by atoms with Crippen molar-refractivity contribution < 1.29 is 18.9 Å². The number of hydrogen-bond donors (Lipinski definition) is 0. The van der Waals surface area contributed by atoms with Crippen LogP contribution >= 0.6 is 0 Å². The van der Waals surface area contributed by atoms with Crippen LogP contribution < -0.4 is 20.2 Å². The molecule has 6 nitrogen and oxygen atoms in total. The lowest BCUT2D eigenvalue weighted by Crippen LogP contribution is -2.33. The molecule has 2 aromatic carbocycles. The summed E-state index contributed by atoms with van der Waals surface area (Å²) < 4.78 is 21.8. The van der Waals surface area contributed by atoms with Gasteiger partial charge in [0.15, 0.2) is 0 Å². The van der Waals surface area contributed by atoms with E-state index < -0.39 is 0 Å². The van der Waals surface area contributed by atoms with Gasteiger partial charge in [-0.15, -0.1) is 0 Å². The first-order valence-corrected chi connectivity index (χ1v) is 12.2. The molecule has 0 N–H and O–H groups in total. The zero-order valence-electron chi connectivity index (χ0n) is 17.6. The molecule has 31 heavy (non-hydrogen) atoms. The minimum Gasteiger partial charge on any atom is -0.371 e. The van der Waals surface area contributed by atoms with Gasteiger partial charge in [0.1, 0.15) is 9.52 Å². The Balaban J connectivity index is 1.08. The number of anilines is 2. The average molecular weight is 437 g/mol. The Morgan fingerprint density at radius 3 is 1.10 bits per heavy atom. The van der Waals surface area contributed by atoms with E-state index in [0.29, 0.717) is 33.9 Å². The lowest BCUT2D eigenvalue weighted by molar-refractivity contribution is 0.388. The Morgan fingerprint density at radius 2 is 0.839 bits per heavy atom. The number of benzene rings is 2. The number of hydrogen-bond acceptors (Lipinski definition) is 6. The lowest BCUT2D eigenvalue weighted by atomic mass is 10.2. The van der Waals surface area contributed by atoms with Crippen LogP contribution in [0.15, 0.2) is 48.5 Å². The van der Waals surface area contributed by atoms with E-state index in [9.17, 15) is 0 Å². The van der Waals surface area contributed by atoms with Gasteiger partial charge in [-0.2, -0.15) is 0 Å². The summed E-state index contributed by atoms with van der Waals surface area (Å²) >= 11 is 0. The zero-order chi connectivity index (χ0) is 20.6. The van der Waals surface area contributed by atoms with Crippen molar-refractivity contribution >= 4 is 31.3 Å². The van der Waals surface area contributed by atoms with Crippen molar-refractivity contribution in [2.45, 2.75) is 24.4 Å². The Labute approximate surface area is 185 Å². The smallest absolute Gasteiger partial charge is 0.121 e. The third-order valence-electron chi connectivity index (χ3n) is 6.06. The summed E-state index contributed by atoms with van der Waals surface area (Å²) in [4.78, 5) is 4.80. The number of rotatable bonds is 12. The Hall–Kier alpha value is -1.90. The monoisotopic (exact) mass is 436 g/mol. The quantitative estimate of drug-likeness (QED) is 0.358. The number of epoxide rings is 4. The third-order valence-corrected chi connectivity index (χ3v) is 7.30. The second-order valence-corrected chi connectivity index (χ2v) is 10.3. The van der Waals surface area contributed by atoms with Gasteiger partial charge in [-0.3, -0.25) is 0 Å². The predicted octanol–water partition coefficient (Wildman–Crippen LogP) is 0.550. The number of nitrogens with zero attached hydrogens (tertiary/aromatic N) is 2. The maximum Gasteiger partial charge on any atom is 0.121 e. The van der Waals surface area contributed by atoms with E-state index in [1.807, 2.05) is 0 Å². The first-order chi connectivity index (χ1) is 15.3. The van der Waals surface area contributed by atoms with Crippen LogP contribution in [0.1, 0.15) is 0 Å². The fourth-order valence-corrected chi connectivity index (χ4v) is 4.93. The molecular weight excluding hydrogens is 408 g/mol. The second kappa shape index (κ2) is 8.56. The zero-order valence-corrected chi connectivity index (χ0v) is 18.6. The van der Waals surface area contributed by atoms with Gasteiger partial charge in [-0.1, -0.05) is 34.6 Å². The maximum atomic E-state index is 5.44. The lowest BCUT2D eigenvalue weighted by Gasteiger charge is -2.24. The summed E-state index contributed by atoms with van der Waals surface area (Å²) in [5.74, 6) is 0. The van der Waals surface area contributed by atoms with Crippen LogP contribution in [0.4, 0.5) is 11.4 Å². The van der Waals surface area contributed by atoms with E-state index in [4.69, 9.17) is 18.9 Å². The first-order valence-electron chi connectivity index (χ1n) is 11.2. The molecule has 4 fully saturated rings. The van der Waals surface area contributed by atoms with Gasteiger partial charge in [0.25, 0.3) is 0 Å². The summed E-state index contributed by atoms with van der Waals surface area (Å²) in [6, 6.07) is 18.0. The van der Waals surface area contributed by atoms with Crippen LogP contribution in [0.2, 0.25) is 0 Å². The average Bonchev–Trinajstić information content (AvgIpc) is 3.63. The third kappa shape index (κ3) is 5.67. The molecule has 4 unspecified atom stereocenters. The van der Waals surface area contributed by atoms with Crippen molar-refractivity contribution in [2.24, 2.45) is 0 Å². The summed E-state index contributed by atoms with van der Waals surface area (Å²) in [6.45, 7) is 7.36. The molecule has 4 saturated heterocycles. The van der Waals surface area contributed by atoms with Crippen LogP contribution in [-0.2, 0) is 18.9 Å². The van der Waals surface area contributed by atoms with E-state index in [1.54, 1.807) is 0 Å². The van der Waals surface area contributed by atoms with Gasteiger partial charge in [0.05, 0.1) is 50.8 Å². The molecule has 0 aromatic heterocycles. The summed E-state index contributed by atoms with van der Waals surface area (Å²) in [5.41, 5.74) is 2.52. The Bertz CT molecular complexity index is 776. The fraction of sp³-hybridized carbons (Fsp3) is 0.500. The predicted molar refractivity (Wildman–Crippen MR) is 121 cm³/mol. The highest BCUT2D eigenvalue weighted by molar-refractivity contribution is 6.67. The molecule has 0 saturated carbocycles. The molecule has 2 aromatic rings.